The van der Waals surface area contributed by atoms with Crippen LogP contribution in [0.5, 0.6) is 0 Å². The van der Waals surface area contributed by atoms with E-state index in [0.29, 0.717) is 16.5 Å². The normalized spacial score (nSPS) is 11.0. The number of hydrogen-bond acceptors (Lipinski definition) is 7. The molecule has 0 atom stereocenters. The highest BCUT2D eigenvalue weighted by Crippen LogP contribution is 2.31. The number of fused-ring (bicyclic) bond motifs is 2. The van der Waals surface area contributed by atoms with Crippen LogP contribution in [0, 0.1) is 0 Å². The van der Waals surface area contributed by atoms with Crippen LogP contribution in [0.1, 0.15) is 10.6 Å². The van der Waals surface area contributed by atoms with Crippen LogP contribution >= 0.6 is 11.3 Å². The van der Waals surface area contributed by atoms with Gasteiger partial charge in [0.15, 0.2) is 17.4 Å². The third kappa shape index (κ3) is 3.88. The zero-order valence-electron chi connectivity index (χ0n) is 16.1. The summed E-state index contributed by atoms with van der Waals surface area (Å²) < 4.78 is 11.7. The largest absolute Gasteiger partial charge is 0.450 e. The molecule has 152 valence electrons. The highest BCUT2D eigenvalue weighted by molar-refractivity contribution is 7.21. The molecular weight excluding hydrogens is 414 g/mol. The number of pyridine rings is 1. The minimum atomic E-state index is -0.720. The van der Waals surface area contributed by atoms with Gasteiger partial charge < -0.3 is 14.5 Å². The zero-order chi connectivity index (χ0) is 21.2. The first-order chi connectivity index (χ1) is 15.2. The number of carbonyl (C=O) groups excluding carboxylic acids is 2. The molecule has 0 saturated carbocycles. The average Bonchev–Trinajstić information content (AvgIpc) is 3.45. The third-order valence-corrected chi connectivity index (χ3v) is 5.62. The first kappa shape index (κ1) is 19.0. The van der Waals surface area contributed by atoms with Gasteiger partial charge in [-0.3, -0.25) is 9.78 Å². The standard InChI is InChI=1S/C23H15N3O4S/c27-21(25-16-8-3-7-15-14(16)5-4-12-24-15)13-29-23(28)19-11-10-18(30-19)22-26-17-6-1-2-9-20(17)31-22/h1-12H,13H2,(H,25,27). The number of aromatic nitrogens is 2. The van der Waals surface area contributed by atoms with E-state index in [1.807, 2.05) is 36.4 Å². The number of hydrogen-bond donors (Lipinski definition) is 1. The molecular formula is C23H15N3O4S. The van der Waals surface area contributed by atoms with Crippen LogP contribution in [0.2, 0.25) is 0 Å². The van der Waals surface area contributed by atoms with E-state index in [2.05, 4.69) is 15.3 Å². The topological polar surface area (TPSA) is 94.3 Å². The SMILES string of the molecule is O=C(COC(=O)c1ccc(-c2nc3ccccc3s2)o1)Nc1cccc2ncccc12. The van der Waals surface area contributed by atoms with Crippen molar-refractivity contribution in [2.45, 2.75) is 0 Å². The maximum Gasteiger partial charge on any atom is 0.374 e. The predicted molar refractivity (Wildman–Crippen MR) is 118 cm³/mol. The first-order valence-corrected chi connectivity index (χ1v) is 10.3. The number of amides is 1. The Labute approximate surface area is 180 Å². The predicted octanol–water partition coefficient (Wildman–Crippen LogP) is 4.90. The Hall–Kier alpha value is -4.04. The number of anilines is 1. The van der Waals surface area contributed by atoms with Crippen molar-refractivity contribution in [2.75, 3.05) is 11.9 Å². The van der Waals surface area contributed by atoms with Gasteiger partial charge in [0.2, 0.25) is 5.76 Å². The second kappa shape index (κ2) is 8.00. The molecule has 0 aliphatic heterocycles. The summed E-state index contributed by atoms with van der Waals surface area (Å²) in [4.78, 5) is 33.3. The Balaban J connectivity index is 1.24. The van der Waals surface area contributed by atoms with Crippen molar-refractivity contribution in [3.05, 3.63) is 78.7 Å². The van der Waals surface area contributed by atoms with Crippen LogP contribution in [0.3, 0.4) is 0 Å². The summed E-state index contributed by atoms with van der Waals surface area (Å²) in [6.07, 6.45) is 1.68. The van der Waals surface area contributed by atoms with Crippen LogP contribution in [0.4, 0.5) is 5.69 Å². The molecule has 8 heteroatoms. The van der Waals surface area contributed by atoms with Crippen molar-refractivity contribution in [3.63, 3.8) is 0 Å². The summed E-state index contributed by atoms with van der Waals surface area (Å²) in [6.45, 7) is -0.438. The highest BCUT2D eigenvalue weighted by Gasteiger charge is 2.17. The molecule has 1 N–H and O–H groups in total. The number of furan rings is 1. The molecule has 0 aliphatic carbocycles. The second-order valence-corrected chi connectivity index (χ2v) is 7.68. The van der Waals surface area contributed by atoms with Gasteiger partial charge in [-0.05, 0) is 48.5 Å². The van der Waals surface area contributed by atoms with Gasteiger partial charge in [0.05, 0.1) is 21.4 Å². The Morgan fingerprint density at radius 2 is 1.84 bits per heavy atom. The van der Waals surface area contributed by atoms with Gasteiger partial charge >= 0.3 is 5.97 Å². The van der Waals surface area contributed by atoms with Crippen molar-refractivity contribution in [1.82, 2.24) is 9.97 Å². The molecule has 31 heavy (non-hydrogen) atoms. The summed E-state index contributed by atoms with van der Waals surface area (Å²) in [7, 11) is 0. The molecule has 0 spiro atoms. The van der Waals surface area contributed by atoms with Gasteiger partial charge in [-0.25, -0.2) is 9.78 Å². The molecule has 2 aromatic carbocycles. The maximum absolute atomic E-state index is 12.3. The van der Waals surface area contributed by atoms with Crippen LogP contribution in [-0.2, 0) is 9.53 Å². The van der Waals surface area contributed by atoms with Crippen molar-refractivity contribution in [3.8, 4) is 10.8 Å². The Kier molecular flexibility index (Phi) is 4.89. The smallest absolute Gasteiger partial charge is 0.374 e. The van der Waals surface area contributed by atoms with Crippen molar-refractivity contribution in [1.29, 1.82) is 0 Å². The first-order valence-electron chi connectivity index (χ1n) is 9.44. The number of carbonyl (C=O) groups is 2. The molecule has 0 aliphatic rings. The van der Waals surface area contributed by atoms with Gasteiger partial charge in [-0.15, -0.1) is 11.3 Å². The fraction of sp³-hybridized carbons (Fsp3) is 0.0435. The van der Waals surface area contributed by atoms with Crippen molar-refractivity contribution in [2.24, 2.45) is 0 Å². The van der Waals surface area contributed by atoms with Gasteiger partial charge in [0.25, 0.3) is 5.91 Å². The summed E-state index contributed by atoms with van der Waals surface area (Å²) in [5.41, 5.74) is 2.22. The third-order valence-electron chi connectivity index (χ3n) is 4.57. The summed E-state index contributed by atoms with van der Waals surface area (Å²) >= 11 is 1.47. The van der Waals surface area contributed by atoms with E-state index >= 15 is 0 Å². The molecule has 5 rings (SSSR count). The molecule has 5 aromatic rings. The number of rotatable bonds is 5. The molecule has 0 fully saturated rings. The monoisotopic (exact) mass is 429 g/mol. The van der Waals surface area contributed by atoms with Crippen molar-refractivity contribution >= 4 is 50.0 Å². The van der Waals surface area contributed by atoms with E-state index in [0.717, 1.165) is 21.1 Å². The minimum absolute atomic E-state index is 0.0106. The quantitative estimate of drug-likeness (QED) is 0.399. The number of thiazole rings is 1. The fourth-order valence-corrected chi connectivity index (χ4v) is 4.07. The minimum Gasteiger partial charge on any atom is -0.450 e. The van der Waals surface area contributed by atoms with Crippen LogP contribution in [0.25, 0.3) is 31.9 Å². The lowest BCUT2D eigenvalue weighted by Crippen LogP contribution is -2.20. The number of benzene rings is 2. The molecule has 0 saturated heterocycles. The van der Waals surface area contributed by atoms with E-state index in [4.69, 9.17) is 9.15 Å². The molecule has 3 heterocycles. The summed E-state index contributed by atoms with van der Waals surface area (Å²) in [5, 5.41) is 4.21. The molecule has 0 bridgehead atoms. The van der Waals surface area contributed by atoms with E-state index in [1.54, 1.807) is 30.5 Å². The highest BCUT2D eigenvalue weighted by atomic mass is 32.1. The van der Waals surface area contributed by atoms with E-state index in [1.165, 1.54) is 17.4 Å². The number of nitrogens with zero attached hydrogens (tertiary/aromatic N) is 2. The number of ether oxygens (including phenoxy) is 1. The van der Waals surface area contributed by atoms with Crippen LogP contribution < -0.4 is 5.32 Å². The lowest BCUT2D eigenvalue weighted by Gasteiger charge is -2.08. The number of nitrogens with one attached hydrogen (secondary N) is 1. The molecule has 7 nitrogen and oxygen atoms in total. The lowest BCUT2D eigenvalue weighted by atomic mass is 10.2. The van der Waals surface area contributed by atoms with E-state index < -0.39 is 18.5 Å². The molecule has 1 amide bonds. The maximum atomic E-state index is 12.3. The fourth-order valence-electron chi connectivity index (χ4n) is 3.14. The van der Waals surface area contributed by atoms with Gasteiger partial charge in [0.1, 0.15) is 0 Å². The average molecular weight is 429 g/mol. The number of esters is 1. The Bertz CT molecular complexity index is 1380. The van der Waals surface area contributed by atoms with Crippen LogP contribution in [-0.4, -0.2) is 28.5 Å². The van der Waals surface area contributed by atoms with Crippen LogP contribution in [0.15, 0.2) is 77.3 Å². The van der Waals surface area contributed by atoms with Crippen molar-refractivity contribution < 1.29 is 18.7 Å². The lowest BCUT2D eigenvalue weighted by molar-refractivity contribution is -0.119. The molecule has 0 unspecified atom stereocenters. The number of para-hydroxylation sites is 1. The molecule has 3 aromatic heterocycles. The van der Waals surface area contributed by atoms with Gasteiger partial charge in [-0.1, -0.05) is 18.2 Å². The summed E-state index contributed by atoms with van der Waals surface area (Å²) in [6, 6.07) is 20.0. The Morgan fingerprint density at radius 1 is 0.968 bits per heavy atom. The Morgan fingerprint density at radius 3 is 2.74 bits per heavy atom. The summed E-state index contributed by atoms with van der Waals surface area (Å²) in [5.74, 6) is -0.693. The zero-order valence-corrected chi connectivity index (χ0v) is 16.9. The van der Waals surface area contributed by atoms with E-state index in [9.17, 15) is 9.59 Å². The van der Waals surface area contributed by atoms with Gasteiger partial charge in [-0.2, -0.15) is 0 Å². The van der Waals surface area contributed by atoms with E-state index in [-0.39, 0.29) is 5.76 Å². The van der Waals surface area contributed by atoms with Gasteiger partial charge in [0, 0.05) is 11.6 Å². The second-order valence-electron chi connectivity index (χ2n) is 6.65. The molecule has 0 radical (unpaired) electrons.